The summed E-state index contributed by atoms with van der Waals surface area (Å²) in [4.78, 5) is 11.9. The van der Waals surface area contributed by atoms with Crippen molar-refractivity contribution >= 4 is 16.7 Å². The van der Waals surface area contributed by atoms with Gasteiger partial charge in [0.05, 0.1) is 12.2 Å². The average molecular weight is 297 g/mol. The summed E-state index contributed by atoms with van der Waals surface area (Å²) in [6.07, 6.45) is -4.45. The zero-order valence-corrected chi connectivity index (χ0v) is 11.3. The molecule has 0 aromatic heterocycles. The second kappa shape index (κ2) is 6.03. The highest BCUT2D eigenvalue weighted by molar-refractivity contribution is 6.01. The minimum Gasteiger partial charge on any atom is -0.493 e. The summed E-state index contributed by atoms with van der Waals surface area (Å²) < 4.78 is 41.9. The Morgan fingerprint density at radius 1 is 1.19 bits per heavy atom. The number of halogens is 3. The van der Waals surface area contributed by atoms with Crippen molar-refractivity contribution in [2.75, 3.05) is 13.2 Å². The molecule has 2 aromatic carbocycles. The molecule has 0 atom stereocenters. The van der Waals surface area contributed by atoms with E-state index < -0.39 is 18.6 Å². The zero-order valence-electron chi connectivity index (χ0n) is 11.3. The van der Waals surface area contributed by atoms with Crippen LogP contribution in [0.2, 0.25) is 0 Å². The van der Waals surface area contributed by atoms with Crippen LogP contribution < -0.4 is 10.1 Å². The van der Waals surface area contributed by atoms with Gasteiger partial charge in [0.25, 0.3) is 5.91 Å². The standard InChI is InChI=1S/C15H14F3NO2/c1-2-21-13-8-11-6-4-3-5-10(11)7-12(13)14(20)19-9-15(16,17)18/h3-8H,2,9H2,1H3,(H,19,20). The van der Waals surface area contributed by atoms with Crippen molar-refractivity contribution in [2.45, 2.75) is 13.1 Å². The number of nitrogens with one attached hydrogen (secondary N) is 1. The lowest BCUT2D eigenvalue weighted by molar-refractivity contribution is -0.123. The number of hydrogen-bond donors (Lipinski definition) is 1. The number of benzene rings is 2. The smallest absolute Gasteiger partial charge is 0.405 e. The van der Waals surface area contributed by atoms with Crippen molar-refractivity contribution in [3.8, 4) is 5.75 Å². The fraction of sp³-hybridized carbons (Fsp3) is 0.267. The van der Waals surface area contributed by atoms with E-state index in [1.165, 1.54) is 6.07 Å². The monoisotopic (exact) mass is 297 g/mol. The summed E-state index contributed by atoms with van der Waals surface area (Å²) in [6, 6.07) is 10.4. The van der Waals surface area contributed by atoms with Crippen LogP contribution in [-0.4, -0.2) is 25.2 Å². The van der Waals surface area contributed by atoms with E-state index in [2.05, 4.69) is 0 Å². The van der Waals surface area contributed by atoms with Crippen LogP contribution in [0.4, 0.5) is 13.2 Å². The molecule has 0 aliphatic heterocycles. The molecule has 1 N–H and O–H groups in total. The first kappa shape index (κ1) is 15.2. The molecule has 0 aliphatic carbocycles. The van der Waals surface area contributed by atoms with Crippen molar-refractivity contribution in [1.82, 2.24) is 5.32 Å². The highest BCUT2D eigenvalue weighted by atomic mass is 19.4. The molecule has 0 unspecified atom stereocenters. The molecule has 0 bridgehead atoms. The third-order valence-corrected chi connectivity index (χ3v) is 2.84. The summed E-state index contributed by atoms with van der Waals surface area (Å²) in [6.45, 7) is 0.689. The number of carbonyl (C=O) groups is 1. The minimum atomic E-state index is -4.45. The first-order valence-electron chi connectivity index (χ1n) is 6.41. The van der Waals surface area contributed by atoms with Gasteiger partial charge in [0.1, 0.15) is 12.3 Å². The summed E-state index contributed by atoms with van der Waals surface area (Å²) in [7, 11) is 0. The second-order valence-corrected chi connectivity index (χ2v) is 4.43. The van der Waals surface area contributed by atoms with Crippen LogP contribution in [0.25, 0.3) is 10.8 Å². The SMILES string of the molecule is CCOc1cc2ccccc2cc1C(=O)NCC(F)(F)F. The molecule has 0 aliphatic rings. The summed E-state index contributed by atoms with van der Waals surface area (Å²) >= 11 is 0. The third kappa shape index (κ3) is 3.87. The van der Waals surface area contributed by atoms with Gasteiger partial charge in [-0.05, 0) is 29.8 Å². The van der Waals surface area contributed by atoms with Crippen LogP contribution in [0.15, 0.2) is 36.4 Å². The van der Waals surface area contributed by atoms with Gasteiger partial charge in [0.15, 0.2) is 0 Å². The predicted octanol–water partition coefficient (Wildman–Crippen LogP) is 3.53. The Morgan fingerprint density at radius 2 is 1.81 bits per heavy atom. The van der Waals surface area contributed by atoms with Gasteiger partial charge < -0.3 is 10.1 Å². The molecule has 2 rings (SSSR count). The maximum Gasteiger partial charge on any atom is 0.405 e. The number of ether oxygens (including phenoxy) is 1. The van der Waals surface area contributed by atoms with Crippen LogP contribution >= 0.6 is 0 Å². The van der Waals surface area contributed by atoms with Gasteiger partial charge in [-0.25, -0.2) is 0 Å². The van der Waals surface area contributed by atoms with Gasteiger partial charge in [-0.1, -0.05) is 24.3 Å². The van der Waals surface area contributed by atoms with Gasteiger partial charge in [-0.2, -0.15) is 13.2 Å². The predicted molar refractivity (Wildman–Crippen MR) is 73.5 cm³/mol. The first-order valence-corrected chi connectivity index (χ1v) is 6.41. The fourth-order valence-electron chi connectivity index (χ4n) is 1.95. The molecule has 6 heteroatoms. The highest BCUT2D eigenvalue weighted by Crippen LogP contribution is 2.26. The molecule has 3 nitrogen and oxygen atoms in total. The Hall–Kier alpha value is -2.24. The molecule has 0 fully saturated rings. The lowest BCUT2D eigenvalue weighted by Gasteiger charge is -2.13. The lowest BCUT2D eigenvalue weighted by Crippen LogP contribution is -2.33. The summed E-state index contributed by atoms with van der Waals surface area (Å²) in [5.74, 6) is -0.530. The maximum atomic E-state index is 12.2. The molecule has 0 spiro atoms. The molecule has 21 heavy (non-hydrogen) atoms. The number of rotatable bonds is 4. The average Bonchev–Trinajstić information content (AvgIpc) is 2.43. The Balaban J connectivity index is 2.35. The zero-order chi connectivity index (χ0) is 15.5. The van der Waals surface area contributed by atoms with E-state index in [-0.39, 0.29) is 11.3 Å². The van der Waals surface area contributed by atoms with Crippen LogP contribution in [0, 0.1) is 0 Å². The van der Waals surface area contributed by atoms with E-state index in [1.807, 2.05) is 17.4 Å². The van der Waals surface area contributed by atoms with Crippen molar-refractivity contribution in [1.29, 1.82) is 0 Å². The Morgan fingerprint density at radius 3 is 2.38 bits per heavy atom. The molecule has 0 saturated carbocycles. The van der Waals surface area contributed by atoms with Gasteiger partial charge in [-0.3, -0.25) is 4.79 Å². The molecular weight excluding hydrogens is 283 g/mol. The van der Waals surface area contributed by atoms with Crippen molar-refractivity contribution in [3.05, 3.63) is 42.0 Å². The van der Waals surface area contributed by atoms with Gasteiger partial charge >= 0.3 is 6.18 Å². The lowest BCUT2D eigenvalue weighted by atomic mass is 10.1. The second-order valence-electron chi connectivity index (χ2n) is 4.43. The van der Waals surface area contributed by atoms with E-state index in [4.69, 9.17) is 4.74 Å². The molecule has 112 valence electrons. The van der Waals surface area contributed by atoms with Gasteiger partial charge in [-0.15, -0.1) is 0 Å². The highest BCUT2D eigenvalue weighted by Gasteiger charge is 2.28. The number of hydrogen-bond acceptors (Lipinski definition) is 2. The van der Waals surface area contributed by atoms with E-state index >= 15 is 0 Å². The first-order chi connectivity index (χ1) is 9.90. The van der Waals surface area contributed by atoms with E-state index in [9.17, 15) is 18.0 Å². The maximum absolute atomic E-state index is 12.2. The number of fused-ring (bicyclic) bond motifs is 1. The molecule has 0 saturated heterocycles. The van der Waals surface area contributed by atoms with Crippen LogP contribution in [0.3, 0.4) is 0 Å². The Bertz CT molecular complexity index is 653. The van der Waals surface area contributed by atoms with Crippen molar-refractivity contribution in [3.63, 3.8) is 0 Å². The molecular formula is C15H14F3NO2. The Labute approximate surface area is 119 Å². The third-order valence-electron chi connectivity index (χ3n) is 2.84. The number of carbonyl (C=O) groups excluding carboxylic acids is 1. The van der Waals surface area contributed by atoms with Crippen LogP contribution in [0.5, 0.6) is 5.75 Å². The molecule has 1 amide bonds. The number of amides is 1. The van der Waals surface area contributed by atoms with Gasteiger partial charge in [0, 0.05) is 0 Å². The van der Waals surface area contributed by atoms with E-state index in [1.54, 1.807) is 25.1 Å². The normalized spacial score (nSPS) is 11.4. The van der Waals surface area contributed by atoms with Crippen LogP contribution in [0.1, 0.15) is 17.3 Å². The Kier molecular flexibility index (Phi) is 4.35. The fourth-order valence-corrected chi connectivity index (χ4v) is 1.95. The van der Waals surface area contributed by atoms with Gasteiger partial charge in [0.2, 0.25) is 0 Å². The van der Waals surface area contributed by atoms with Crippen LogP contribution in [-0.2, 0) is 0 Å². The van der Waals surface area contributed by atoms with E-state index in [0.717, 1.165) is 10.8 Å². The van der Waals surface area contributed by atoms with Crippen molar-refractivity contribution in [2.24, 2.45) is 0 Å². The minimum absolute atomic E-state index is 0.0970. The molecule has 2 aromatic rings. The number of alkyl halides is 3. The summed E-state index contributed by atoms with van der Waals surface area (Å²) in [5, 5.41) is 3.48. The van der Waals surface area contributed by atoms with E-state index in [0.29, 0.717) is 6.61 Å². The summed E-state index contributed by atoms with van der Waals surface area (Å²) in [5.41, 5.74) is 0.0970. The topological polar surface area (TPSA) is 38.3 Å². The quantitative estimate of drug-likeness (QED) is 0.937. The largest absolute Gasteiger partial charge is 0.493 e. The van der Waals surface area contributed by atoms with Crippen molar-refractivity contribution < 1.29 is 22.7 Å². The molecule has 0 heterocycles. The molecule has 0 radical (unpaired) electrons.